The van der Waals surface area contributed by atoms with E-state index in [1.165, 1.54) is 49.6 Å². The average molecular weight is 592 g/mol. The minimum atomic E-state index is -0.118. The lowest BCUT2D eigenvalue weighted by molar-refractivity contribution is 0.666. The van der Waals surface area contributed by atoms with E-state index in [0.29, 0.717) is 0 Å². The Morgan fingerprint density at radius 1 is 0.652 bits per heavy atom. The Bertz CT molecular complexity index is 2340. The third-order valence-electron chi connectivity index (χ3n) is 9.81. The van der Waals surface area contributed by atoms with E-state index in [9.17, 15) is 0 Å². The van der Waals surface area contributed by atoms with Gasteiger partial charge in [0.1, 0.15) is 5.84 Å². The van der Waals surface area contributed by atoms with E-state index in [1.807, 2.05) is 0 Å². The Hall–Kier alpha value is -5.67. The molecule has 0 bridgehead atoms. The maximum atomic E-state index is 5.20. The van der Waals surface area contributed by atoms with Crippen LogP contribution in [0.3, 0.4) is 0 Å². The highest BCUT2D eigenvalue weighted by Crippen LogP contribution is 2.54. The number of aliphatic imine (C=N–C) groups is 1. The van der Waals surface area contributed by atoms with Crippen LogP contribution in [0.1, 0.15) is 47.7 Å². The van der Waals surface area contributed by atoms with Gasteiger partial charge in [-0.2, -0.15) is 0 Å². The molecule has 3 nitrogen and oxygen atoms in total. The summed E-state index contributed by atoms with van der Waals surface area (Å²) in [5, 5.41) is 7.58. The van der Waals surface area contributed by atoms with Gasteiger partial charge in [0.2, 0.25) is 0 Å². The number of aromatic nitrogens is 1. The second kappa shape index (κ2) is 10.2. The van der Waals surface area contributed by atoms with E-state index in [-0.39, 0.29) is 11.5 Å². The molecular formula is C43H33N3. The van der Waals surface area contributed by atoms with Gasteiger partial charge < -0.3 is 9.88 Å². The topological polar surface area (TPSA) is 29.3 Å². The summed E-state index contributed by atoms with van der Waals surface area (Å²) >= 11 is 0. The second-order valence-corrected chi connectivity index (χ2v) is 12.9. The number of nitrogens with zero attached hydrogens (tertiary/aromatic N) is 2. The van der Waals surface area contributed by atoms with Crippen molar-refractivity contribution in [3.8, 4) is 16.9 Å². The van der Waals surface area contributed by atoms with E-state index in [0.717, 1.165) is 28.3 Å². The first-order valence-electron chi connectivity index (χ1n) is 16.0. The second-order valence-electron chi connectivity index (χ2n) is 12.9. The van der Waals surface area contributed by atoms with E-state index >= 15 is 0 Å². The molecule has 0 fully saturated rings. The van der Waals surface area contributed by atoms with Crippen molar-refractivity contribution in [2.75, 3.05) is 0 Å². The molecule has 1 aliphatic heterocycles. The maximum Gasteiger partial charge on any atom is 0.133 e. The van der Waals surface area contributed by atoms with Crippen LogP contribution in [0.25, 0.3) is 44.3 Å². The first kappa shape index (κ1) is 26.7. The molecule has 0 saturated heterocycles. The summed E-state index contributed by atoms with van der Waals surface area (Å²) in [6.07, 6.45) is 2.22. The average Bonchev–Trinajstić information content (AvgIpc) is 3.59. The highest BCUT2D eigenvalue weighted by atomic mass is 15.0. The van der Waals surface area contributed by atoms with Crippen molar-refractivity contribution in [3.63, 3.8) is 0 Å². The Labute approximate surface area is 269 Å². The van der Waals surface area contributed by atoms with E-state index in [1.54, 1.807) is 0 Å². The van der Waals surface area contributed by atoms with Crippen molar-refractivity contribution >= 4 is 33.2 Å². The summed E-state index contributed by atoms with van der Waals surface area (Å²) in [5.74, 6) is 0.877. The molecule has 0 spiro atoms. The molecule has 220 valence electrons. The molecule has 0 radical (unpaired) electrons. The summed E-state index contributed by atoms with van der Waals surface area (Å²) in [6, 6.07) is 52.2. The summed E-state index contributed by atoms with van der Waals surface area (Å²) in [7, 11) is 0. The molecule has 1 unspecified atom stereocenters. The Balaban J connectivity index is 1.20. The minimum absolute atomic E-state index is 0.0731. The lowest BCUT2D eigenvalue weighted by atomic mass is 9.81. The first-order chi connectivity index (χ1) is 22.6. The summed E-state index contributed by atoms with van der Waals surface area (Å²) in [4.78, 5) is 5.20. The Morgan fingerprint density at radius 3 is 2.15 bits per heavy atom. The quantitative estimate of drug-likeness (QED) is 0.217. The number of nitrogens with one attached hydrogen (secondary N) is 1. The van der Waals surface area contributed by atoms with E-state index < -0.39 is 0 Å². The zero-order chi connectivity index (χ0) is 30.8. The fraction of sp³-hybridized carbons (Fsp3) is 0.0930. The third kappa shape index (κ3) is 4.02. The number of amidine groups is 1. The van der Waals surface area contributed by atoms with Gasteiger partial charge in [0, 0.05) is 33.3 Å². The predicted octanol–water partition coefficient (Wildman–Crippen LogP) is 10.2. The standard InChI is InChI=1S/C43H33N3/c1-43(2)35-20-12-11-19-34(35)41-40(43)39-33-18-10-9-13-28(33)23-26-38(39)46(41)32-24-21-31(22-25-32)42-44-36(29-14-5-3-6-15-29)27-37(45-42)30-16-7-4-8-17-30/h3-27,36H,1-2H3,(H,44,45). The number of rotatable bonds is 4. The van der Waals surface area contributed by atoms with Gasteiger partial charge in [-0.15, -0.1) is 0 Å². The van der Waals surface area contributed by atoms with Crippen molar-refractivity contribution < 1.29 is 0 Å². The number of benzene rings is 6. The predicted molar refractivity (Wildman–Crippen MR) is 192 cm³/mol. The van der Waals surface area contributed by atoms with E-state index in [2.05, 4.69) is 175 Å². The molecule has 1 aromatic heterocycles. The molecule has 7 aromatic rings. The summed E-state index contributed by atoms with van der Waals surface area (Å²) in [6.45, 7) is 4.75. The lowest BCUT2D eigenvalue weighted by Gasteiger charge is -2.23. The molecule has 6 aromatic carbocycles. The van der Waals surface area contributed by atoms with Crippen LogP contribution < -0.4 is 5.32 Å². The smallest absolute Gasteiger partial charge is 0.133 e. The van der Waals surface area contributed by atoms with Gasteiger partial charge in [0.25, 0.3) is 0 Å². The van der Waals surface area contributed by atoms with Crippen LogP contribution in [0, 0.1) is 0 Å². The van der Waals surface area contributed by atoms with Crippen LogP contribution in [0.5, 0.6) is 0 Å². The highest BCUT2D eigenvalue weighted by molar-refractivity contribution is 6.14. The van der Waals surface area contributed by atoms with Crippen LogP contribution in [-0.4, -0.2) is 10.4 Å². The van der Waals surface area contributed by atoms with Crippen LogP contribution in [0.4, 0.5) is 0 Å². The van der Waals surface area contributed by atoms with Gasteiger partial charge in [-0.25, -0.2) is 0 Å². The van der Waals surface area contributed by atoms with Crippen LogP contribution in [0.2, 0.25) is 0 Å². The van der Waals surface area contributed by atoms with Crippen molar-refractivity contribution in [3.05, 3.63) is 179 Å². The molecular weight excluding hydrogens is 558 g/mol. The monoisotopic (exact) mass is 591 g/mol. The molecule has 2 aliphatic rings. The zero-order valence-corrected chi connectivity index (χ0v) is 25.9. The van der Waals surface area contributed by atoms with Crippen molar-refractivity contribution in [1.82, 2.24) is 9.88 Å². The largest absolute Gasteiger partial charge is 0.340 e. The van der Waals surface area contributed by atoms with Gasteiger partial charge in [-0.05, 0) is 69.4 Å². The maximum absolute atomic E-state index is 5.20. The normalized spacial score (nSPS) is 16.4. The number of hydrogen-bond donors (Lipinski definition) is 1. The Kier molecular flexibility index (Phi) is 5.91. The highest BCUT2D eigenvalue weighted by Gasteiger charge is 2.40. The molecule has 1 atom stereocenters. The van der Waals surface area contributed by atoms with Crippen molar-refractivity contribution in [2.24, 2.45) is 4.99 Å². The minimum Gasteiger partial charge on any atom is -0.340 e. The van der Waals surface area contributed by atoms with E-state index in [4.69, 9.17) is 4.99 Å². The van der Waals surface area contributed by atoms with Crippen molar-refractivity contribution in [1.29, 1.82) is 0 Å². The van der Waals surface area contributed by atoms with Gasteiger partial charge in [-0.3, -0.25) is 4.99 Å². The molecule has 1 aliphatic carbocycles. The van der Waals surface area contributed by atoms with Gasteiger partial charge in [0.15, 0.2) is 0 Å². The fourth-order valence-electron chi connectivity index (χ4n) is 7.62. The van der Waals surface area contributed by atoms with Gasteiger partial charge >= 0.3 is 0 Å². The summed E-state index contributed by atoms with van der Waals surface area (Å²) in [5.41, 5.74) is 12.1. The lowest BCUT2D eigenvalue weighted by Crippen LogP contribution is -2.27. The molecule has 1 N–H and O–H groups in total. The first-order valence-corrected chi connectivity index (χ1v) is 16.0. The van der Waals surface area contributed by atoms with Crippen LogP contribution in [0.15, 0.2) is 157 Å². The molecule has 0 amide bonds. The number of fused-ring (bicyclic) bond motifs is 7. The number of hydrogen-bond acceptors (Lipinski definition) is 2. The Morgan fingerprint density at radius 2 is 1.35 bits per heavy atom. The zero-order valence-electron chi connectivity index (χ0n) is 25.9. The van der Waals surface area contributed by atoms with Gasteiger partial charge in [0.05, 0.1) is 17.3 Å². The molecule has 9 rings (SSSR count). The van der Waals surface area contributed by atoms with Crippen molar-refractivity contribution in [2.45, 2.75) is 25.3 Å². The summed E-state index contributed by atoms with van der Waals surface area (Å²) < 4.78 is 2.48. The molecule has 3 heteroatoms. The third-order valence-corrected chi connectivity index (χ3v) is 9.81. The van der Waals surface area contributed by atoms with Crippen LogP contribution in [-0.2, 0) is 5.41 Å². The molecule has 46 heavy (non-hydrogen) atoms. The fourth-order valence-corrected chi connectivity index (χ4v) is 7.62. The van der Waals surface area contributed by atoms with Crippen LogP contribution >= 0.6 is 0 Å². The molecule has 0 saturated carbocycles. The molecule has 2 heterocycles. The SMILES string of the molecule is CC1(C)c2ccccc2-c2c1c1c3ccccc3ccc1n2-c1ccc(C2=NC(c3ccccc3)C=C(c3ccccc3)N2)cc1. The van der Waals surface area contributed by atoms with Gasteiger partial charge in [-0.1, -0.05) is 129 Å².